The van der Waals surface area contributed by atoms with Gasteiger partial charge in [0.1, 0.15) is 5.65 Å². The van der Waals surface area contributed by atoms with Crippen LogP contribution < -0.4 is 5.32 Å². The van der Waals surface area contributed by atoms with Crippen molar-refractivity contribution in [1.29, 1.82) is 0 Å². The first-order chi connectivity index (χ1) is 7.74. The number of aryl methyl sites for hydroxylation is 2. The molecule has 0 unspecified atom stereocenters. The highest BCUT2D eigenvalue weighted by Crippen LogP contribution is 2.20. The van der Waals surface area contributed by atoms with Crippen LogP contribution in [0.2, 0.25) is 0 Å². The second-order valence-electron chi connectivity index (χ2n) is 4.73. The maximum absolute atomic E-state index is 4.62. The van der Waals surface area contributed by atoms with E-state index in [9.17, 15) is 0 Å². The van der Waals surface area contributed by atoms with E-state index in [4.69, 9.17) is 0 Å². The number of nitrogens with zero attached hydrogens (tertiary/aromatic N) is 2. The molecule has 1 saturated carbocycles. The molecule has 0 amide bonds. The van der Waals surface area contributed by atoms with E-state index in [-0.39, 0.29) is 0 Å². The highest BCUT2D eigenvalue weighted by molar-refractivity contribution is 5.50. The molecule has 3 nitrogen and oxygen atoms in total. The van der Waals surface area contributed by atoms with Crippen molar-refractivity contribution >= 4 is 5.65 Å². The molecule has 1 N–H and O–H groups in total. The molecule has 3 heteroatoms. The van der Waals surface area contributed by atoms with Crippen LogP contribution in [0.25, 0.3) is 5.65 Å². The van der Waals surface area contributed by atoms with Gasteiger partial charge < -0.3 is 9.72 Å². The van der Waals surface area contributed by atoms with Gasteiger partial charge in [0.2, 0.25) is 0 Å². The van der Waals surface area contributed by atoms with Gasteiger partial charge in [-0.1, -0.05) is 0 Å². The second kappa shape index (κ2) is 3.59. The highest BCUT2D eigenvalue weighted by atomic mass is 15.0. The Morgan fingerprint density at radius 2 is 2.25 bits per heavy atom. The zero-order valence-corrected chi connectivity index (χ0v) is 9.83. The fourth-order valence-corrected chi connectivity index (χ4v) is 2.13. The number of rotatable bonds is 3. The molecule has 0 atom stereocenters. The number of aromatic nitrogens is 2. The lowest BCUT2D eigenvalue weighted by atomic mass is 10.3. The summed E-state index contributed by atoms with van der Waals surface area (Å²) in [4.78, 5) is 4.62. The van der Waals surface area contributed by atoms with Crippen LogP contribution in [-0.2, 0) is 6.54 Å². The average Bonchev–Trinajstić information content (AvgIpc) is 2.97. The molecule has 1 fully saturated rings. The van der Waals surface area contributed by atoms with Gasteiger partial charge in [0.05, 0.1) is 0 Å². The second-order valence-corrected chi connectivity index (χ2v) is 4.73. The Kier molecular flexibility index (Phi) is 2.21. The molecule has 1 aliphatic rings. The molecular weight excluding hydrogens is 198 g/mol. The lowest BCUT2D eigenvalue weighted by Gasteiger charge is -2.05. The zero-order chi connectivity index (χ0) is 11.1. The van der Waals surface area contributed by atoms with Gasteiger partial charge in [0.25, 0.3) is 0 Å². The Bertz CT molecular complexity index is 523. The molecule has 16 heavy (non-hydrogen) atoms. The number of hydrogen-bond acceptors (Lipinski definition) is 2. The first-order valence-corrected chi connectivity index (χ1v) is 5.91. The van der Waals surface area contributed by atoms with Crippen LogP contribution >= 0.6 is 0 Å². The van der Waals surface area contributed by atoms with Crippen molar-refractivity contribution in [3.05, 3.63) is 35.3 Å². The molecule has 0 radical (unpaired) electrons. The largest absolute Gasteiger partial charge is 0.310 e. The van der Waals surface area contributed by atoms with E-state index in [0.717, 1.165) is 23.9 Å². The molecule has 2 heterocycles. The third-order valence-electron chi connectivity index (χ3n) is 3.18. The zero-order valence-electron chi connectivity index (χ0n) is 9.83. The standard InChI is InChI=1S/C13H17N3/c1-9-7-10(2)16-6-5-11(13(16)15-9)8-14-12-3-4-12/h5-7,12,14H,3-4,8H2,1-2H3. The van der Waals surface area contributed by atoms with Crippen molar-refractivity contribution in [3.63, 3.8) is 0 Å². The van der Waals surface area contributed by atoms with Gasteiger partial charge in [-0.15, -0.1) is 0 Å². The van der Waals surface area contributed by atoms with Crippen LogP contribution in [0.5, 0.6) is 0 Å². The fourth-order valence-electron chi connectivity index (χ4n) is 2.13. The van der Waals surface area contributed by atoms with Gasteiger partial charge in [-0.25, -0.2) is 4.98 Å². The summed E-state index contributed by atoms with van der Waals surface area (Å²) in [5, 5.41) is 3.54. The molecule has 0 spiro atoms. The predicted molar refractivity (Wildman–Crippen MR) is 64.5 cm³/mol. The Balaban J connectivity index is 1.97. The van der Waals surface area contributed by atoms with E-state index in [0.29, 0.717) is 0 Å². The maximum atomic E-state index is 4.62. The molecule has 0 bridgehead atoms. The smallest absolute Gasteiger partial charge is 0.141 e. The molecule has 0 saturated heterocycles. The SMILES string of the molecule is Cc1cc(C)n2ccc(CNC3CC3)c2n1. The van der Waals surface area contributed by atoms with Crippen molar-refractivity contribution in [2.75, 3.05) is 0 Å². The minimum Gasteiger partial charge on any atom is -0.310 e. The predicted octanol–water partition coefficient (Wildman–Crippen LogP) is 2.20. The first-order valence-electron chi connectivity index (χ1n) is 5.91. The molecule has 2 aromatic heterocycles. The summed E-state index contributed by atoms with van der Waals surface area (Å²) in [6.07, 6.45) is 4.77. The molecule has 0 aliphatic heterocycles. The summed E-state index contributed by atoms with van der Waals surface area (Å²) in [6.45, 7) is 5.12. The van der Waals surface area contributed by atoms with Crippen LogP contribution in [-0.4, -0.2) is 15.4 Å². The number of nitrogens with one attached hydrogen (secondary N) is 1. The van der Waals surface area contributed by atoms with Crippen molar-refractivity contribution in [2.24, 2.45) is 0 Å². The van der Waals surface area contributed by atoms with Gasteiger partial charge in [-0.3, -0.25) is 0 Å². The number of fused-ring (bicyclic) bond motifs is 1. The molecule has 84 valence electrons. The molecule has 1 aliphatic carbocycles. The van der Waals surface area contributed by atoms with Crippen molar-refractivity contribution in [3.8, 4) is 0 Å². The van der Waals surface area contributed by atoms with E-state index >= 15 is 0 Å². The van der Waals surface area contributed by atoms with Crippen LogP contribution in [0.4, 0.5) is 0 Å². The summed E-state index contributed by atoms with van der Waals surface area (Å²) in [5.74, 6) is 0. The quantitative estimate of drug-likeness (QED) is 0.850. The van der Waals surface area contributed by atoms with Gasteiger partial charge in [-0.2, -0.15) is 0 Å². The highest BCUT2D eigenvalue weighted by Gasteiger charge is 2.20. The van der Waals surface area contributed by atoms with Crippen LogP contribution in [0, 0.1) is 13.8 Å². The lowest BCUT2D eigenvalue weighted by Crippen LogP contribution is -2.15. The van der Waals surface area contributed by atoms with Crippen LogP contribution in [0.3, 0.4) is 0 Å². The molecule has 2 aromatic rings. The fraction of sp³-hybridized carbons (Fsp3) is 0.462. The van der Waals surface area contributed by atoms with Crippen molar-refractivity contribution < 1.29 is 0 Å². The summed E-state index contributed by atoms with van der Waals surface area (Å²) >= 11 is 0. The van der Waals surface area contributed by atoms with Crippen molar-refractivity contribution in [1.82, 2.24) is 14.7 Å². The first kappa shape index (κ1) is 9.85. The topological polar surface area (TPSA) is 29.3 Å². The van der Waals surface area contributed by atoms with Gasteiger partial charge in [-0.05, 0) is 38.8 Å². The van der Waals surface area contributed by atoms with Crippen molar-refractivity contribution in [2.45, 2.75) is 39.3 Å². The van der Waals surface area contributed by atoms with E-state index < -0.39 is 0 Å². The lowest BCUT2D eigenvalue weighted by molar-refractivity contribution is 0.690. The summed E-state index contributed by atoms with van der Waals surface area (Å²) in [5.41, 5.74) is 4.75. The Morgan fingerprint density at radius 3 is 3.00 bits per heavy atom. The third kappa shape index (κ3) is 1.71. The third-order valence-corrected chi connectivity index (χ3v) is 3.18. The number of hydrogen-bond donors (Lipinski definition) is 1. The Hall–Kier alpha value is -1.35. The molecule has 3 rings (SSSR count). The van der Waals surface area contributed by atoms with E-state index in [1.807, 2.05) is 0 Å². The van der Waals surface area contributed by atoms with Crippen LogP contribution in [0.1, 0.15) is 29.8 Å². The van der Waals surface area contributed by atoms with E-state index in [1.54, 1.807) is 0 Å². The van der Waals surface area contributed by atoms with E-state index in [2.05, 4.69) is 46.9 Å². The minimum absolute atomic E-state index is 0.751. The summed E-state index contributed by atoms with van der Waals surface area (Å²) in [7, 11) is 0. The van der Waals surface area contributed by atoms with Gasteiger partial charge in [0.15, 0.2) is 0 Å². The Labute approximate surface area is 95.5 Å². The molecular formula is C13H17N3. The van der Waals surface area contributed by atoms with Gasteiger partial charge >= 0.3 is 0 Å². The summed E-state index contributed by atoms with van der Waals surface area (Å²) < 4.78 is 2.16. The monoisotopic (exact) mass is 215 g/mol. The molecule has 0 aromatic carbocycles. The van der Waals surface area contributed by atoms with Gasteiger partial charge in [0, 0.05) is 35.7 Å². The normalized spacial score (nSPS) is 15.9. The Morgan fingerprint density at radius 1 is 1.44 bits per heavy atom. The maximum Gasteiger partial charge on any atom is 0.141 e. The average molecular weight is 215 g/mol. The van der Waals surface area contributed by atoms with E-state index in [1.165, 1.54) is 24.1 Å². The van der Waals surface area contributed by atoms with Crippen LogP contribution in [0.15, 0.2) is 18.3 Å². The minimum atomic E-state index is 0.751. The summed E-state index contributed by atoms with van der Waals surface area (Å²) in [6, 6.07) is 5.04.